The van der Waals surface area contributed by atoms with E-state index >= 15 is 0 Å². The molecule has 7 nitrogen and oxygen atoms in total. The van der Waals surface area contributed by atoms with Gasteiger partial charge in [-0.3, -0.25) is 14.6 Å². The van der Waals surface area contributed by atoms with Gasteiger partial charge in [0.1, 0.15) is 12.7 Å². The lowest BCUT2D eigenvalue weighted by Crippen LogP contribution is -2.30. The number of hydrogen-bond donors (Lipinski definition) is 4. The highest BCUT2D eigenvalue weighted by Crippen LogP contribution is 2.26. The predicted molar refractivity (Wildman–Crippen MR) is 85.1 cm³/mol. The lowest BCUT2D eigenvalue weighted by molar-refractivity contribution is -0.0295. The van der Waals surface area contributed by atoms with E-state index in [0.29, 0.717) is 5.69 Å². The molecule has 4 N–H and O–H groups in total. The van der Waals surface area contributed by atoms with Crippen molar-refractivity contribution in [1.82, 2.24) is 10.5 Å². The van der Waals surface area contributed by atoms with Crippen LogP contribution >= 0.6 is 0 Å². The Kier molecular flexibility index (Phi) is 6.34. The molecule has 0 fully saturated rings. The van der Waals surface area contributed by atoms with Gasteiger partial charge in [-0.05, 0) is 31.2 Å². The number of rotatable bonds is 7. The number of nitrogens with one attached hydrogen (secondary N) is 2. The predicted octanol–water partition coefficient (Wildman–Crippen LogP) is 1.43. The van der Waals surface area contributed by atoms with Crippen molar-refractivity contribution in [2.75, 3.05) is 18.5 Å². The van der Waals surface area contributed by atoms with Gasteiger partial charge in [-0.1, -0.05) is 0 Å². The largest absolute Gasteiger partial charge is 0.394 e. The second kappa shape index (κ2) is 8.47. The maximum absolute atomic E-state index is 14.1. The first-order valence-electron chi connectivity index (χ1n) is 7.31. The van der Waals surface area contributed by atoms with E-state index in [-0.39, 0.29) is 17.9 Å². The Balaban J connectivity index is 2.21. The van der Waals surface area contributed by atoms with Crippen LogP contribution in [0.1, 0.15) is 16.1 Å². The van der Waals surface area contributed by atoms with E-state index in [1.54, 1.807) is 19.1 Å². The third-order valence-corrected chi connectivity index (χ3v) is 3.17. The number of amides is 1. The van der Waals surface area contributed by atoms with Crippen LogP contribution < -0.4 is 10.8 Å². The Morgan fingerprint density at radius 1 is 1.32 bits per heavy atom. The first-order valence-corrected chi connectivity index (χ1v) is 7.31. The van der Waals surface area contributed by atoms with Gasteiger partial charge in [0.2, 0.25) is 0 Å². The summed E-state index contributed by atoms with van der Waals surface area (Å²) in [5, 5.41) is 20.4. The summed E-state index contributed by atoms with van der Waals surface area (Å²) in [5.74, 6) is -3.22. The molecule has 2 rings (SSSR count). The van der Waals surface area contributed by atoms with E-state index in [2.05, 4.69) is 10.3 Å². The summed E-state index contributed by atoms with van der Waals surface area (Å²) in [6.07, 6.45) is 0.233. The van der Waals surface area contributed by atoms with E-state index in [4.69, 9.17) is 15.1 Å². The standard InChI is InChI=1S/C16H17F2N3O4/c1-9-2-3-10(6-19-9)20-15-12(4-5-13(17)14(15)18)16(24)21-25-8-11(23)7-22/h2-6,11,20,22-23H,7-8H2,1H3,(H,21,24)/t11-/m1/s1. The molecule has 0 aliphatic carbocycles. The van der Waals surface area contributed by atoms with Gasteiger partial charge in [0.05, 0.1) is 29.7 Å². The summed E-state index contributed by atoms with van der Waals surface area (Å²) in [7, 11) is 0. The number of hydroxylamine groups is 1. The van der Waals surface area contributed by atoms with E-state index in [1.165, 1.54) is 6.20 Å². The van der Waals surface area contributed by atoms with Crippen LogP contribution in [0.3, 0.4) is 0 Å². The summed E-state index contributed by atoms with van der Waals surface area (Å²) in [6.45, 7) is 0.856. The molecular weight excluding hydrogens is 336 g/mol. The maximum atomic E-state index is 14.1. The number of aryl methyl sites for hydroxylation is 1. The normalized spacial score (nSPS) is 11.9. The Morgan fingerprint density at radius 3 is 2.72 bits per heavy atom. The average molecular weight is 353 g/mol. The van der Waals surface area contributed by atoms with Crippen LogP contribution in [0.4, 0.5) is 20.2 Å². The van der Waals surface area contributed by atoms with E-state index < -0.39 is 30.3 Å². The summed E-state index contributed by atoms with van der Waals surface area (Å²) in [5.41, 5.74) is 2.50. The van der Waals surface area contributed by atoms with Crippen LogP contribution in [-0.2, 0) is 4.84 Å². The number of pyridine rings is 1. The van der Waals surface area contributed by atoms with Crippen molar-refractivity contribution in [2.24, 2.45) is 0 Å². The first kappa shape index (κ1) is 18.7. The first-order chi connectivity index (χ1) is 11.9. The van der Waals surface area contributed by atoms with Gasteiger partial charge in [-0.15, -0.1) is 0 Å². The molecule has 0 saturated carbocycles. The molecule has 0 aliphatic rings. The summed E-state index contributed by atoms with van der Waals surface area (Å²) in [6, 6.07) is 5.16. The minimum absolute atomic E-state index is 0.210. The molecule has 0 aliphatic heterocycles. The number of anilines is 2. The molecule has 1 aromatic heterocycles. The van der Waals surface area contributed by atoms with Crippen molar-refractivity contribution in [3.63, 3.8) is 0 Å². The molecular formula is C16H17F2N3O4. The molecule has 25 heavy (non-hydrogen) atoms. The van der Waals surface area contributed by atoms with Crippen LogP contribution in [0.25, 0.3) is 0 Å². The smallest absolute Gasteiger partial charge is 0.277 e. The summed E-state index contributed by atoms with van der Waals surface area (Å²) in [4.78, 5) is 20.9. The third kappa shape index (κ3) is 4.92. The van der Waals surface area contributed by atoms with Gasteiger partial charge >= 0.3 is 0 Å². The van der Waals surface area contributed by atoms with E-state index in [0.717, 1.165) is 17.8 Å². The lowest BCUT2D eigenvalue weighted by atomic mass is 10.1. The van der Waals surface area contributed by atoms with Gasteiger partial charge in [0.25, 0.3) is 5.91 Å². The third-order valence-electron chi connectivity index (χ3n) is 3.17. The molecule has 2 aromatic rings. The molecule has 1 aromatic carbocycles. The van der Waals surface area contributed by atoms with Gasteiger partial charge in [-0.2, -0.15) is 0 Å². The van der Waals surface area contributed by atoms with Crippen molar-refractivity contribution in [2.45, 2.75) is 13.0 Å². The summed E-state index contributed by atoms with van der Waals surface area (Å²) >= 11 is 0. The number of aromatic nitrogens is 1. The molecule has 0 unspecified atom stereocenters. The molecule has 1 heterocycles. The Morgan fingerprint density at radius 2 is 2.08 bits per heavy atom. The number of aliphatic hydroxyl groups excluding tert-OH is 2. The molecule has 0 spiro atoms. The Labute approximate surface area is 142 Å². The quantitative estimate of drug-likeness (QED) is 0.562. The second-order valence-electron chi connectivity index (χ2n) is 5.18. The highest BCUT2D eigenvalue weighted by atomic mass is 19.2. The van der Waals surface area contributed by atoms with E-state index in [1.807, 2.05) is 5.48 Å². The highest BCUT2D eigenvalue weighted by molar-refractivity contribution is 5.99. The van der Waals surface area contributed by atoms with Crippen molar-refractivity contribution in [3.8, 4) is 0 Å². The Bertz CT molecular complexity index is 741. The topological polar surface area (TPSA) is 104 Å². The van der Waals surface area contributed by atoms with Crippen LogP contribution in [0, 0.1) is 18.6 Å². The number of nitrogens with zero attached hydrogens (tertiary/aromatic N) is 1. The molecule has 1 atom stereocenters. The highest BCUT2D eigenvalue weighted by Gasteiger charge is 2.19. The molecule has 0 bridgehead atoms. The van der Waals surface area contributed by atoms with Crippen LogP contribution in [0.15, 0.2) is 30.5 Å². The van der Waals surface area contributed by atoms with Crippen molar-refractivity contribution in [1.29, 1.82) is 0 Å². The molecule has 0 radical (unpaired) electrons. The molecule has 134 valence electrons. The van der Waals surface area contributed by atoms with Crippen LogP contribution in [0.5, 0.6) is 0 Å². The number of carbonyl (C=O) groups excluding carboxylic acids is 1. The lowest BCUT2D eigenvalue weighted by Gasteiger charge is -2.14. The number of carbonyl (C=O) groups is 1. The number of aliphatic hydroxyl groups is 2. The van der Waals surface area contributed by atoms with Crippen LogP contribution in [0.2, 0.25) is 0 Å². The van der Waals surface area contributed by atoms with Gasteiger partial charge in [0.15, 0.2) is 11.6 Å². The number of hydrogen-bond acceptors (Lipinski definition) is 6. The van der Waals surface area contributed by atoms with Crippen LogP contribution in [-0.4, -0.2) is 40.4 Å². The monoisotopic (exact) mass is 353 g/mol. The van der Waals surface area contributed by atoms with Gasteiger partial charge in [0, 0.05) is 5.69 Å². The number of benzene rings is 1. The van der Waals surface area contributed by atoms with Crippen molar-refractivity contribution >= 4 is 17.3 Å². The molecule has 1 amide bonds. The Hall–Kier alpha value is -2.62. The minimum atomic E-state index is -1.23. The fourth-order valence-electron chi connectivity index (χ4n) is 1.86. The molecule has 9 heteroatoms. The zero-order valence-corrected chi connectivity index (χ0v) is 13.3. The number of halogens is 2. The van der Waals surface area contributed by atoms with Gasteiger partial charge in [-0.25, -0.2) is 14.3 Å². The van der Waals surface area contributed by atoms with Gasteiger partial charge < -0.3 is 15.5 Å². The fourth-order valence-corrected chi connectivity index (χ4v) is 1.86. The van der Waals surface area contributed by atoms with Crippen molar-refractivity contribution in [3.05, 3.63) is 53.4 Å². The van der Waals surface area contributed by atoms with E-state index in [9.17, 15) is 13.6 Å². The maximum Gasteiger partial charge on any atom is 0.277 e. The fraction of sp³-hybridized carbons (Fsp3) is 0.250. The summed E-state index contributed by atoms with van der Waals surface area (Å²) < 4.78 is 27.7. The second-order valence-corrected chi connectivity index (χ2v) is 5.18. The minimum Gasteiger partial charge on any atom is -0.394 e. The van der Waals surface area contributed by atoms with Crippen molar-refractivity contribution < 1.29 is 28.6 Å². The zero-order chi connectivity index (χ0) is 18.4. The average Bonchev–Trinajstić information content (AvgIpc) is 2.60. The zero-order valence-electron chi connectivity index (χ0n) is 13.3. The SMILES string of the molecule is Cc1ccc(Nc2c(C(=O)NOC[C@H](O)CO)ccc(F)c2F)cn1. The molecule has 0 saturated heterocycles.